The first-order valence-electron chi connectivity index (χ1n) is 4.57. The van der Waals surface area contributed by atoms with E-state index in [1.54, 1.807) is 0 Å². The Morgan fingerprint density at radius 3 is 2.21 bits per heavy atom. The molecular weight excluding hydrogens is 202 g/mol. The van der Waals surface area contributed by atoms with E-state index >= 15 is 0 Å². The zero-order valence-corrected chi connectivity index (χ0v) is 9.89. The molecule has 0 aromatic heterocycles. The Kier molecular flexibility index (Phi) is 3.02. The lowest BCUT2D eigenvalue weighted by molar-refractivity contribution is -0.134. The molecule has 0 saturated carbocycles. The highest BCUT2D eigenvalue weighted by atomic mass is 32.2. The smallest absolute Gasteiger partial charge is 0.261 e. The Labute approximate surface area is 85.2 Å². The van der Waals surface area contributed by atoms with Crippen molar-refractivity contribution in [2.45, 2.75) is 25.5 Å². The molecule has 0 aromatic rings. The van der Waals surface area contributed by atoms with Gasteiger partial charge < -0.3 is 4.74 Å². The molecule has 0 N–H and O–H groups in total. The quantitative estimate of drug-likeness (QED) is 0.662. The molecule has 1 fully saturated rings. The molecule has 0 radical (unpaired) electrons. The second-order valence-corrected chi connectivity index (χ2v) is 7.59. The van der Waals surface area contributed by atoms with Gasteiger partial charge in [-0.25, -0.2) is 4.21 Å². The third-order valence-corrected chi connectivity index (χ3v) is 5.19. The normalized spacial score (nSPS) is 22.3. The summed E-state index contributed by atoms with van der Waals surface area (Å²) in [4.78, 5) is 11.5. The highest BCUT2D eigenvalue weighted by Crippen LogP contribution is 2.19. The third-order valence-electron chi connectivity index (χ3n) is 2.39. The highest BCUT2D eigenvalue weighted by molar-refractivity contribution is 7.94. The molecule has 1 unspecified atom stereocenters. The lowest BCUT2D eigenvalue weighted by Gasteiger charge is -2.25. The van der Waals surface area contributed by atoms with Crippen molar-refractivity contribution in [3.63, 3.8) is 0 Å². The number of nitrogens with zero attached hydrogens (tertiary/aromatic N) is 1. The molecule has 1 heterocycles. The summed E-state index contributed by atoms with van der Waals surface area (Å²) in [5, 5.41) is 0. The zero-order chi connectivity index (χ0) is 11.0. The molecule has 1 atom stereocenters. The van der Waals surface area contributed by atoms with Gasteiger partial charge in [-0.15, -0.1) is 0 Å². The molecule has 1 saturated heterocycles. The summed E-state index contributed by atoms with van der Waals surface area (Å²) in [6.45, 7) is 6.31. The number of rotatable bonds is 1. The van der Waals surface area contributed by atoms with Crippen LogP contribution in [0.2, 0.25) is 0 Å². The van der Waals surface area contributed by atoms with Crippen LogP contribution in [0.3, 0.4) is 0 Å². The molecule has 82 valence electrons. The van der Waals surface area contributed by atoms with Gasteiger partial charge in [-0.05, 0) is 20.8 Å². The fourth-order valence-electron chi connectivity index (χ4n) is 0.761. The monoisotopic (exact) mass is 219 g/mol. The third kappa shape index (κ3) is 2.33. The van der Waals surface area contributed by atoms with E-state index in [4.69, 9.17) is 4.74 Å². The summed E-state index contributed by atoms with van der Waals surface area (Å²) in [6.07, 6.45) is 1.53. The van der Waals surface area contributed by atoms with Gasteiger partial charge in [-0.2, -0.15) is 4.36 Å². The molecule has 1 aliphatic heterocycles. The van der Waals surface area contributed by atoms with Gasteiger partial charge in [-0.1, -0.05) is 0 Å². The summed E-state index contributed by atoms with van der Waals surface area (Å²) in [5.74, 6) is -0.447. The number of hydrogen-bond donors (Lipinski definition) is 0. The Morgan fingerprint density at radius 2 is 1.93 bits per heavy atom. The second kappa shape index (κ2) is 3.62. The molecule has 1 aliphatic rings. The lowest BCUT2D eigenvalue weighted by atomic mass is 10.1. The first-order valence-corrected chi connectivity index (χ1v) is 6.50. The fraction of sp³-hybridized carbons (Fsp3) is 0.889. The topological polar surface area (TPSA) is 55.7 Å². The molecule has 0 bridgehead atoms. The van der Waals surface area contributed by atoms with Gasteiger partial charge in [0.15, 0.2) is 0 Å². The van der Waals surface area contributed by atoms with Crippen molar-refractivity contribution in [1.29, 1.82) is 0 Å². The molecule has 1 rings (SSSR count). The van der Waals surface area contributed by atoms with Gasteiger partial charge in [0.05, 0.1) is 28.9 Å². The standard InChI is InChI=1S/C9H17NO3S/c1-9(2,3)14(4,12)10-8(11)7-5-13-6-7/h7H,5-6H2,1-4H3. The Hall–Kier alpha value is -0.420. The van der Waals surface area contributed by atoms with E-state index < -0.39 is 14.5 Å². The van der Waals surface area contributed by atoms with Crippen LogP contribution in [0, 0.1) is 5.92 Å². The van der Waals surface area contributed by atoms with Crippen LogP contribution in [0.5, 0.6) is 0 Å². The van der Waals surface area contributed by atoms with Crippen molar-refractivity contribution in [2.24, 2.45) is 10.3 Å². The lowest BCUT2D eigenvalue weighted by Crippen LogP contribution is -2.36. The summed E-state index contributed by atoms with van der Waals surface area (Å²) in [7, 11) is -2.45. The molecular formula is C9H17NO3S. The van der Waals surface area contributed by atoms with Crippen molar-refractivity contribution < 1.29 is 13.7 Å². The average molecular weight is 219 g/mol. The van der Waals surface area contributed by atoms with Crippen LogP contribution in [0.25, 0.3) is 0 Å². The predicted octanol–water partition coefficient (Wildman–Crippen LogP) is 1.06. The van der Waals surface area contributed by atoms with E-state index in [2.05, 4.69) is 4.36 Å². The van der Waals surface area contributed by atoms with E-state index in [9.17, 15) is 9.00 Å². The van der Waals surface area contributed by atoms with Crippen LogP contribution in [-0.2, 0) is 19.3 Å². The first-order chi connectivity index (χ1) is 6.24. The van der Waals surface area contributed by atoms with E-state index in [0.29, 0.717) is 13.2 Å². The highest BCUT2D eigenvalue weighted by Gasteiger charge is 2.30. The zero-order valence-electron chi connectivity index (χ0n) is 9.07. The minimum absolute atomic E-state index is 0.168. The Morgan fingerprint density at radius 1 is 1.43 bits per heavy atom. The predicted molar refractivity (Wildman–Crippen MR) is 55.6 cm³/mol. The number of carbonyl (C=O) groups excluding carboxylic acids is 1. The van der Waals surface area contributed by atoms with Gasteiger partial charge in [0.1, 0.15) is 0 Å². The molecule has 4 nitrogen and oxygen atoms in total. The maximum atomic E-state index is 12.0. The number of hydrogen-bond acceptors (Lipinski definition) is 3. The van der Waals surface area contributed by atoms with Crippen molar-refractivity contribution >= 4 is 15.6 Å². The van der Waals surface area contributed by atoms with Gasteiger partial charge in [0, 0.05) is 11.0 Å². The van der Waals surface area contributed by atoms with E-state index in [0.717, 1.165) is 0 Å². The van der Waals surface area contributed by atoms with E-state index in [1.165, 1.54) is 6.26 Å². The number of carbonyl (C=O) groups is 1. The van der Waals surface area contributed by atoms with Gasteiger partial charge in [0.25, 0.3) is 5.91 Å². The molecule has 0 aliphatic carbocycles. The molecule has 14 heavy (non-hydrogen) atoms. The molecule has 0 aromatic carbocycles. The van der Waals surface area contributed by atoms with Crippen molar-refractivity contribution in [2.75, 3.05) is 19.5 Å². The van der Waals surface area contributed by atoms with Crippen molar-refractivity contribution in [3.05, 3.63) is 0 Å². The number of amides is 1. The minimum Gasteiger partial charge on any atom is -0.380 e. The number of ether oxygens (including phenoxy) is 1. The van der Waals surface area contributed by atoms with Gasteiger partial charge in [0.2, 0.25) is 0 Å². The van der Waals surface area contributed by atoms with Gasteiger partial charge >= 0.3 is 0 Å². The fourth-order valence-corrected chi connectivity index (χ4v) is 1.53. The van der Waals surface area contributed by atoms with Gasteiger partial charge in [-0.3, -0.25) is 4.79 Å². The van der Waals surface area contributed by atoms with Crippen LogP contribution >= 0.6 is 0 Å². The summed E-state index contributed by atoms with van der Waals surface area (Å²) in [6, 6.07) is 0. The minimum atomic E-state index is -2.45. The van der Waals surface area contributed by atoms with E-state index in [-0.39, 0.29) is 11.8 Å². The van der Waals surface area contributed by atoms with Crippen LogP contribution in [0.1, 0.15) is 20.8 Å². The van der Waals surface area contributed by atoms with Crippen LogP contribution in [0.15, 0.2) is 4.36 Å². The SMILES string of the molecule is CC(C)(C)S(C)(=O)=NC(=O)C1COC1. The van der Waals surface area contributed by atoms with Crippen molar-refractivity contribution in [3.8, 4) is 0 Å². The summed E-state index contributed by atoms with van der Waals surface area (Å²) >= 11 is 0. The summed E-state index contributed by atoms with van der Waals surface area (Å²) < 4.78 is 20.3. The molecule has 5 heteroatoms. The maximum absolute atomic E-state index is 12.0. The van der Waals surface area contributed by atoms with Crippen LogP contribution in [0.4, 0.5) is 0 Å². The van der Waals surface area contributed by atoms with Crippen LogP contribution in [-0.4, -0.2) is 34.3 Å². The first kappa shape index (κ1) is 11.7. The van der Waals surface area contributed by atoms with Crippen molar-refractivity contribution in [1.82, 2.24) is 0 Å². The molecule has 0 spiro atoms. The molecule has 1 amide bonds. The largest absolute Gasteiger partial charge is 0.380 e. The Balaban J connectivity index is 2.86. The Bertz CT molecular complexity index is 344. The maximum Gasteiger partial charge on any atom is 0.261 e. The summed E-state index contributed by atoms with van der Waals surface area (Å²) in [5.41, 5.74) is 0. The average Bonchev–Trinajstić information content (AvgIpc) is 1.76. The van der Waals surface area contributed by atoms with E-state index in [1.807, 2.05) is 20.8 Å². The van der Waals surface area contributed by atoms with Crippen LogP contribution < -0.4 is 0 Å². The second-order valence-electron chi connectivity index (χ2n) is 4.58.